The van der Waals surface area contributed by atoms with Crippen molar-refractivity contribution in [1.29, 1.82) is 0 Å². The molecule has 4 aromatic rings. The van der Waals surface area contributed by atoms with Gasteiger partial charge < -0.3 is 14.5 Å². The van der Waals surface area contributed by atoms with Crippen LogP contribution in [0.5, 0.6) is 5.75 Å². The van der Waals surface area contributed by atoms with E-state index in [1.807, 2.05) is 42.5 Å². The highest BCUT2D eigenvalue weighted by Crippen LogP contribution is 2.32. The number of benzene rings is 3. The first-order chi connectivity index (χ1) is 16.8. The number of thiocarbonyl (C=S) groups is 1. The van der Waals surface area contributed by atoms with Crippen molar-refractivity contribution in [3.8, 4) is 17.2 Å². The van der Waals surface area contributed by atoms with Gasteiger partial charge in [0, 0.05) is 16.7 Å². The predicted molar refractivity (Wildman–Crippen MR) is 145 cm³/mol. The van der Waals surface area contributed by atoms with Gasteiger partial charge >= 0.3 is 0 Å². The lowest BCUT2D eigenvalue weighted by atomic mass is 10.0. The molecule has 3 aromatic carbocycles. The van der Waals surface area contributed by atoms with E-state index in [4.69, 9.17) is 33.0 Å². The van der Waals surface area contributed by atoms with Gasteiger partial charge in [0.1, 0.15) is 11.3 Å². The summed E-state index contributed by atoms with van der Waals surface area (Å²) in [4.78, 5) is 16.9. The molecular formula is C27H24ClN3O3S. The number of rotatable bonds is 6. The van der Waals surface area contributed by atoms with Gasteiger partial charge in [0.25, 0.3) is 0 Å². The maximum Gasteiger partial charge on any atom is 0.250 e. The van der Waals surface area contributed by atoms with E-state index >= 15 is 0 Å². The minimum Gasteiger partial charge on any atom is -0.495 e. The fourth-order valence-corrected chi connectivity index (χ4v) is 3.76. The Morgan fingerprint density at radius 1 is 1.11 bits per heavy atom. The van der Waals surface area contributed by atoms with Crippen LogP contribution in [0.25, 0.3) is 28.6 Å². The monoisotopic (exact) mass is 505 g/mol. The number of anilines is 1. The molecule has 0 radical (unpaired) electrons. The minimum atomic E-state index is -0.368. The molecule has 35 heavy (non-hydrogen) atoms. The van der Waals surface area contributed by atoms with Crippen LogP contribution >= 0.6 is 23.8 Å². The lowest BCUT2D eigenvalue weighted by Gasteiger charge is -2.13. The first kappa shape index (κ1) is 24.4. The number of carbonyl (C=O) groups is 1. The van der Waals surface area contributed by atoms with Crippen LogP contribution in [0.15, 0.2) is 71.2 Å². The third-order valence-corrected chi connectivity index (χ3v) is 5.76. The van der Waals surface area contributed by atoms with Crippen molar-refractivity contribution in [2.75, 3.05) is 12.4 Å². The molecule has 178 valence electrons. The van der Waals surface area contributed by atoms with Gasteiger partial charge in [-0.1, -0.05) is 43.6 Å². The molecule has 0 saturated carbocycles. The summed E-state index contributed by atoms with van der Waals surface area (Å²) in [6.07, 6.45) is 3.07. The number of hydrogen-bond acceptors (Lipinski definition) is 5. The number of ether oxygens (including phenoxy) is 1. The first-order valence-electron chi connectivity index (χ1n) is 11.0. The van der Waals surface area contributed by atoms with Crippen LogP contribution < -0.4 is 15.4 Å². The largest absolute Gasteiger partial charge is 0.495 e. The van der Waals surface area contributed by atoms with Gasteiger partial charge in [-0.15, -0.1) is 0 Å². The smallest absolute Gasteiger partial charge is 0.250 e. The Kier molecular flexibility index (Phi) is 7.48. The summed E-state index contributed by atoms with van der Waals surface area (Å²) in [6, 6.07) is 18.6. The van der Waals surface area contributed by atoms with Crippen molar-refractivity contribution >= 4 is 57.7 Å². The molecule has 8 heteroatoms. The van der Waals surface area contributed by atoms with E-state index < -0.39 is 0 Å². The summed E-state index contributed by atoms with van der Waals surface area (Å²) in [5, 5.41) is 6.41. The molecule has 0 unspecified atom stereocenters. The van der Waals surface area contributed by atoms with Crippen LogP contribution in [0.4, 0.5) is 5.69 Å². The molecule has 4 rings (SSSR count). The maximum atomic E-state index is 12.3. The van der Waals surface area contributed by atoms with Crippen LogP contribution in [0.2, 0.25) is 5.02 Å². The fourth-order valence-electron chi connectivity index (χ4n) is 3.42. The Hall–Kier alpha value is -3.68. The Balaban J connectivity index is 1.49. The molecule has 1 amide bonds. The highest BCUT2D eigenvalue weighted by Gasteiger charge is 2.14. The molecule has 6 nitrogen and oxygen atoms in total. The molecule has 0 aliphatic carbocycles. The average molecular weight is 506 g/mol. The van der Waals surface area contributed by atoms with E-state index in [0.29, 0.717) is 33.9 Å². The molecule has 0 aliphatic rings. The number of oxazole rings is 1. The molecule has 0 aliphatic heterocycles. The normalized spacial score (nSPS) is 11.2. The number of nitrogens with one attached hydrogen (secondary N) is 2. The van der Waals surface area contributed by atoms with Crippen LogP contribution in [0.1, 0.15) is 30.9 Å². The number of hydrogen-bond donors (Lipinski definition) is 2. The van der Waals surface area contributed by atoms with Crippen LogP contribution in [0, 0.1) is 0 Å². The molecule has 2 N–H and O–H groups in total. The third-order valence-electron chi connectivity index (χ3n) is 5.31. The zero-order valence-electron chi connectivity index (χ0n) is 19.5. The Bertz CT molecular complexity index is 1410. The molecule has 0 spiro atoms. The zero-order valence-corrected chi connectivity index (χ0v) is 21.0. The summed E-state index contributed by atoms with van der Waals surface area (Å²) in [6.45, 7) is 4.28. The number of halogens is 1. The highest BCUT2D eigenvalue weighted by molar-refractivity contribution is 7.80. The van der Waals surface area contributed by atoms with E-state index in [1.165, 1.54) is 11.6 Å². The predicted octanol–water partition coefficient (Wildman–Crippen LogP) is 6.81. The van der Waals surface area contributed by atoms with Crippen LogP contribution in [-0.2, 0) is 4.79 Å². The topological polar surface area (TPSA) is 76.4 Å². The van der Waals surface area contributed by atoms with Crippen molar-refractivity contribution in [2.45, 2.75) is 19.8 Å². The fraction of sp³-hybridized carbons (Fsp3) is 0.148. The van der Waals surface area contributed by atoms with E-state index in [0.717, 1.165) is 16.6 Å². The minimum absolute atomic E-state index is 0.130. The number of nitrogens with zero attached hydrogens (tertiary/aromatic N) is 1. The molecule has 1 aromatic heterocycles. The summed E-state index contributed by atoms with van der Waals surface area (Å²) in [5.41, 5.74) is 4.86. The average Bonchev–Trinajstić information content (AvgIpc) is 3.27. The van der Waals surface area contributed by atoms with Gasteiger partial charge in [-0.3, -0.25) is 10.1 Å². The second-order valence-electron chi connectivity index (χ2n) is 8.14. The second kappa shape index (κ2) is 10.7. The summed E-state index contributed by atoms with van der Waals surface area (Å²) in [7, 11) is 1.56. The number of methoxy groups -OCH3 is 1. The van der Waals surface area contributed by atoms with Gasteiger partial charge in [-0.2, -0.15) is 0 Å². The molecule has 0 atom stereocenters. The molecule has 0 bridgehead atoms. The Morgan fingerprint density at radius 2 is 1.89 bits per heavy atom. The van der Waals surface area contributed by atoms with Crippen molar-refractivity contribution in [3.05, 3.63) is 82.9 Å². The van der Waals surface area contributed by atoms with Crippen molar-refractivity contribution < 1.29 is 13.9 Å². The first-order valence-corrected chi connectivity index (χ1v) is 11.8. The van der Waals surface area contributed by atoms with E-state index in [9.17, 15) is 4.79 Å². The number of amides is 1. The second-order valence-corrected chi connectivity index (χ2v) is 8.99. The molecular weight excluding hydrogens is 482 g/mol. The van der Waals surface area contributed by atoms with Crippen LogP contribution in [-0.4, -0.2) is 23.1 Å². The van der Waals surface area contributed by atoms with Crippen molar-refractivity contribution in [2.24, 2.45) is 0 Å². The van der Waals surface area contributed by atoms with Crippen LogP contribution in [0.3, 0.4) is 0 Å². The molecule has 0 fully saturated rings. The number of aromatic nitrogens is 1. The lowest BCUT2D eigenvalue weighted by molar-refractivity contribution is -0.115. The molecule has 0 saturated heterocycles. The SMILES string of the molecule is COc1ccc(-c2nc3cc(C(C)C)ccc3o2)cc1NC(=S)NC(=O)/C=C/c1ccc(Cl)cc1. The van der Waals surface area contributed by atoms with Gasteiger partial charge in [-0.25, -0.2) is 4.98 Å². The molecule has 1 heterocycles. The maximum absolute atomic E-state index is 12.3. The van der Waals surface area contributed by atoms with Gasteiger partial charge in [-0.05, 0) is 77.8 Å². The summed E-state index contributed by atoms with van der Waals surface area (Å²) in [5.74, 6) is 1.06. The standard InChI is InChI=1S/C27H24ClN3O3S/c1-16(2)18-7-12-24-22(14-18)29-26(34-24)19-8-11-23(33-3)21(15-19)30-27(35)31-25(32)13-6-17-4-9-20(28)10-5-17/h4-16H,1-3H3,(H2,30,31,32,35)/b13-6+. The van der Waals surface area contributed by atoms with Crippen molar-refractivity contribution in [3.63, 3.8) is 0 Å². The van der Waals surface area contributed by atoms with Crippen molar-refractivity contribution in [1.82, 2.24) is 10.3 Å². The highest BCUT2D eigenvalue weighted by atomic mass is 35.5. The Morgan fingerprint density at radius 3 is 2.60 bits per heavy atom. The van der Waals surface area contributed by atoms with E-state index in [-0.39, 0.29) is 11.0 Å². The third kappa shape index (κ3) is 6.07. The number of carbonyl (C=O) groups excluding carboxylic acids is 1. The lowest BCUT2D eigenvalue weighted by Crippen LogP contribution is -2.32. The Labute approximate surface area is 214 Å². The van der Waals surface area contributed by atoms with E-state index in [2.05, 4.69) is 29.5 Å². The summed E-state index contributed by atoms with van der Waals surface area (Å²) < 4.78 is 11.4. The number of fused-ring (bicyclic) bond motifs is 1. The van der Waals surface area contributed by atoms with Gasteiger partial charge in [0.2, 0.25) is 11.8 Å². The van der Waals surface area contributed by atoms with Gasteiger partial charge in [0.05, 0.1) is 12.8 Å². The van der Waals surface area contributed by atoms with Gasteiger partial charge in [0.15, 0.2) is 10.7 Å². The zero-order chi connectivity index (χ0) is 24.9. The summed E-state index contributed by atoms with van der Waals surface area (Å²) >= 11 is 11.2. The van der Waals surface area contributed by atoms with E-state index in [1.54, 1.807) is 31.4 Å². The quantitative estimate of drug-likeness (QED) is 0.221.